The molecule has 100 valence electrons. The summed E-state index contributed by atoms with van der Waals surface area (Å²) in [6.45, 7) is 13.6. The minimum atomic E-state index is 0.0486. The highest BCUT2D eigenvalue weighted by Gasteiger charge is 2.32. The van der Waals surface area contributed by atoms with Crippen LogP contribution in [-0.2, 0) is 4.79 Å². The Bertz CT molecular complexity index is 241. The SMILES string of the molecule is CC(C)CN(CC(C)C)C(=O)C1NCCC1C. The van der Waals surface area contributed by atoms with Crippen LogP contribution in [0.3, 0.4) is 0 Å². The topological polar surface area (TPSA) is 32.3 Å². The predicted octanol–water partition coefficient (Wildman–Crippen LogP) is 2.12. The van der Waals surface area contributed by atoms with Gasteiger partial charge >= 0.3 is 0 Å². The quantitative estimate of drug-likeness (QED) is 0.798. The fraction of sp³-hybridized carbons (Fsp3) is 0.929. The van der Waals surface area contributed by atoms with Gasteiger partial charge in [-0.25, -0.2) is 0 Å². The van der Waals surface area contributed by atoms with Crippen LogP contribution < -0.4 is 5.32 Å². The second-order valence-electron chi connectivity index (χ2n) is 6.23. The summed E-state index contributed by atoms with van der Waals surface area (Å²) in [5, 5.41) is 3.34. The van der Waals surface area contributed by atoms with Crippen LogP contribution in [0.25, 0.3) is 0 Å². The standard InChI is InChI=1S/C14H28N2O/c1-10(2)8-16(9-11(3)4)14(17)13-12(5)6-7-15-13/h10-13,15H,6-9H2,1-5H3. The van der Waals surface area contributed by atoms with Gasteiger partial charge in [-0.05, 0) is 30.7 Å². The van der Waals surface area contributed by atoms with E-state index in [-0.39, 0.29) is 6.04 Å². The molecule has 1 rings (SSSR count). The number of amides is 1. The zero-order chi connectivity index (χ0) is 13.0. The Morgan fingerprint density at radius 2 is 1.76 bits per heavy atom. The molecule has 1 saturated heterocycles. The number of carbonyl (C=O) groups is 1. The van der Waals surface area contributed by atoms with Crippen LogP contribution in [0.5, 0.6) is 0 Å². The van der Waals surface area contributed by atoms with E-state index in [1.807, 2.05) is 0 Å². The highest BCUT2D eigenvalue weighted by Crippen LogP contribution is 2.18. The van der Waals surface area contributed by atoms with Gasteiger partial charge in [0.25, 0.3) is 0 Å². The van der Waals surface area contributed by atoms with Crippen molar-refractivity contribution in [2.24, 2.45) is 17.8 Å². The van der Waals surface area contributed by atoms with Gasteiger partial charge in [-0.15, -0.1) is 0 Å². The van der Waals surface area contributed by atoms with Gasteiger partial charge in [-0.2, -0.15) is 0 Å². The number of carbonyl (C=O) groups excluding carboxylic acids is 1. The van der Waals surface area contributed by atoms with E-state index in [9.17, 15) is 4.79 Å². The van der Waals surface area contributed by atoms with Crippen molar-refractivity contribution in [3.63, 3.8) is 0 Å². The molecule has 1 amide bonds. The molecule has 1 heterocycles. The number of hydrogen-bond acceptors (Lipinski definition) is 2. The normalized spacial score (nSPS) is 24.6. The minimum Gasteiger partial charge on any atom is -0.341 e. The first-order chi connectivity index (χ1) is 7.91. The molecule has 2 unspecified atom stereocenters. The second kappa shape index (κ2) is 6.39. The molecule has 0 bridgehead atoms. The van der Waals surface area contributed by atoms with Gasteiger partial charge in [0.1, 0.15) is 0 Å². The smallest absolute Gasteiger partial charge is 0.239 e. The van der Waals surface area contributed by atoms with Crippen molar-refractivity contribution in [3.8, 4) is 0 Å². The summed E-state index contributed by atoms with van der Waals surface area (Å²) in [5.41, 5.74) is 0. The fourth-order valence-electron chi connectivity index (χ4n) is 2.50. The molecule has 0 aromatic carbocycles. The van der Waals surface area contributed by atoms with Crippen molar-refractivity contribution >= 4 is 5.91 Å². The molecule has 1 aliphatic rings. The molecule has 17 heavy (non-hydrogen) atoms. The van der Waals surface area contributed by atoms with Crippen molar-refractivity contribution in [2.75, 3.05) is 19.6 Å². The maximum absolute atomic E-state index is 12.5. The van der Waals surface area contributed by atoms with Gasteiger partial charge in [0.05, 0.1) is 6.04 Å². The first-order valence-corrected chi connectivity index (χ1v) is 6.94. The van der Waals surface area contributed by atoms with Gasteiger partial charge in [-0.1, -0.05) is 34.6 Å². The van der Waals surface area contributed by atoms with E-state index >= 15 is 0 Å². The van der Waals surface area contributed by atoms with Gasteiger partial charge in [-0.3, -0.25) is 4.79 Å². The van der Waals surface area contributed by atoms with Crippen molar-refractivity contribution in [1.29, 1.82) is 0 Å². The summed E-state index contributed by atoms with van der Waals surface area (Å²) in [4.78, 5) is 14.5. The molecule has 0 aromatic heterocycles. The van der Waals surface area contributed by atoms with Crippen molar-refractivity contribution in [2.45, 2.75) is 47.1 Å². The van der Waals surface area contributed by atoms with Crippen LogP contribution >= 0.6 is 0 Å². The van der Waals surface area contributed by atoms with Crippen molar-refractivity contribution in [1.82, 2.24) is 10.2 Å². The number of rotatable bonds is 5. The molecular formula is C14H28N2O. The van der Waals surface area contributed by atoms with Gasteiger partial charge in [0.15, 0.2) is 0 Å². The summed E-state index contributed by atoms with van der Waals surface area (Å²) in [6.07, 6.45) is 1.12. The van der Waals surface area contributed by atoms with Gasteiger partial charge in [0.2, 0.25) is 5.91 Å². The van der Waals surface area contributed by atoms with Crippen molar-refractivity contribution in [3.05, 3.63) is 0 Å². The molecule has 1 N–H and O–H groups in total. The molecular weight excluding hydrogens is 212 g/mol. The Morgan fingerprint density at radius 1 is 1.24 bits per heavy atom. The molecule has 1 fully saturated rings. The molecule has 0 aliphatic carbocycles. The molecule has 0 saturated carbocycles. The Morgan fingerprint density at radius 3 is 2.12 bits per heavy atom. The number of nitrogens with zero attached hydrogens (tertiary/aromatic N) is 1. The molecule has 0 aromatic rings. The number of nitrogens with one attached hydrogen (secondary N) is 1. The molecule has 1 aliphatic heterocycles. The van der Waals surface area contributed by atoms with Crippen LogP contribution in [0.1, 0.15) is 41.0 Å². The highest BCUT2D eigenvalue weighted by atomic mass is 16.2. The third-order valence-corrected chi connectivity index (χ3v) is 3.28. The summed E-state index contributed by atoms with van der Waals surface area (Å²) >= 11 is 0. The van der Waals surface area contributed by atoms with Crippen LogP contribution in [0, 0.1) is 17.8 Å². The van der Waals surface area contributed by atoms with Crippen LogP contribution in [-0.4, -0.2) is 36.5 Å². The average Bonchev–Trinajstić information content (AvgIpc) is 2.61. The van der Waals surface area contributed by atoms with E-state index in [2.05, 4.69) is 44.8 Å². The monoisotopic (exact) mass is 240 g/mol. The lowest BCUT2D eigenvalue weighted by Gasteiger charge is -2.30. The second-order valence-corrected chi connectivity index (χ2v) is 6.23. The first kappa shape index (κ1) is 14.5. The van der Waals surface area contributed by atoms with E-state index in [0.717, 1.165) is 26.1 Å². The minimum absolute atomic E-state index is 0.0486. The summed E-state index contributed by atoms with van der Waals surface area (Å²) in [6, 6.07) is 0.0486. The van der Waals surface area contributed by atoms with E-state index in [0.29, 0.717) is 23.7 Å². The van der Waals surface area contributed by atoms with Crippen molar-refractivity contribution < 1.29 is 4.79 Å². The van der Waals surface area contributed by atoms with E-state index < -0.39 is 0 Å². The van der Waals surface area contributed by atoms with Crippen LogP contribution in [0.4, 0.5) is 0 Å². The molecule has 0 radical (unpaired) electrons. The molecule has 0 spiro atoms. The lowest BCUT2D eigenvalue weighted by atomic mass is 10.0. The zero-order valence-electron chi connectivity index (χ0n) is 12.0. The first-order valence-electron chi connectivity index (χ1n) is 6.94. The molecule has 2 atom stereocenters. The Balaban J connectivity index is 2.64. The Kier molecular flexibility index (Phi) is 5.44. The third-order valence-electron chi connectivity index (χ3n) is 3.28. The average molecular weight is 240 g/mol. The summed E-state index contributed by atoms with van der Waals surface area (Å²) < 4.78 is 0. The van der Waals surface area contributed by atoms with Crippen LogP contribution in [0.15, 0.2) is 0 Å². The number of hydrogen-bond donors (Lipinski definition) is 1. The molecule has 3 heteroatoms. The Hall–Kier alpha value is -0.570. The van der Waals surface area contributed by atoms with Gasteiger partial charge in [0, 0.05) is 13.1 Å². The van der Waals surface area contributed by atoms with Crippen LogP contribution in [0.2, 0.25) is 0 Å². The highest BCUT2D eigenvalue weighted by molar-refractivity contribution is 5.82. The largest absolute Gasteiger partial charge is 0.341 e. The molecule has 3 nitrogen and oxygen atoms in total. The maximum atomic E-state index is 12.5. The van der Waals surface area contributed by atoms with E-state index in [4.69, 9.17) is 0 Å². The lowest BCUT2D eigenvalue weighted by Crippen LogP contribution is -2.48. The lowest BCUT2D eigenvalue weighted by molar-refractivity contribution is -0.135. The predicted molar refractivity (Wildman–Crippen MR) is 71.8 cm³/mol. The summed E-state index contributed by atoms with van der Waals surface area (Å²) in [7, 11) is 0. The summed E-state index contributed by atoms with van der Waals surface area (Å²) in [5.74, 6) is 1.85. The van der Waals surface area contributed by atoms with E-state index in [1.54, 1.807) is 0 Å². The third kappa shape index (κ3) is 4.30. The maximum Gasteiger partial charge on any atom is 0.239 e. The van der Waals surface area contributed by atoms with E-state index in [1.165, 1.54) is 0 Å². The Labute approximate surface area is 106 Å². The van der Waals surface area contributed by atoms with Gasteiger partial charge < -0.3 is 10.2 Å². The fourth-order valence-corrected chi connectivity index (χ4v) is 2.50. The zero-order valence-corrected chi connectivity index (χ0v) is 12.0.